The zero-order chi connectivity index (χ0) is 12.5. The van der Waals surface area contributed by atoms with Crippen molar-refractivity contribution in [3.63, 3.8) is 0 Å². The van der Waals surface area contributed by atoms with E-state index in [4.69, 9.17) is 10.5 Å². The van der Waals surface area contributed by atoms with Gasteiger partial charge in [-0.3, -0.25) is 0 Å². The molecule has 0 aliphatic heterocycles. The standard InChI is InChI=1S/C15H23NO/c1-14(2,16)13-6-4-12(5-7-13)8-9-15(17-3)10-11-15/h4-7H,8-11,16H2,1-3H3. The third-order valence-corrected chi connectivity index (χ3v) is 3.81. The lowest BCUT2D eigenvalue weighted by Gasteiger charge is -2.19. The first-order valence-corrected chi connectivity index (χ1v) is 6.39. The monoisotopic (exact) mass is 233 g/mol. The first kappa shape index (κ1) is 12.6. The van der Waals surface area contributed by atoms with Crippen molar-refractivity contribution in [2.45, 2.75) is 50.7 Å². The van der Waals surface area contributed by atoms with Crippen LogP contribution in [0.25, 0.3) is 0 Å². The number of hydrogen-bond acceptors (Lipinski definition) is 2. The minimum Gasteiger partial charge on any atom is -0.378 e. The summed E-state index contributed by atoms with van der Waals surface area (Å²) in [6.45, 7) is 4.07. The van der Waals surface area contributed by atoms with E-state index in [1.54, 1.807) is 0 Å². The SMILES string of the molecule is COC1(CCc2ccc(C(C)(C)N)cc2)CC1. The van der Waals surface area contributed by atoms with Gasteiger partial charge in [-0.2, -0.15) is 0 Å². The number of nitrogens with two attached hydrogens (primary N) is 1. The van der Waals surface area contributed by atoms with E-state index in [2.05, 4.69) is 24.3 Å². The van der Waals surface area contributed by atoms with Gasteiger partial charge in [0, 0.05) is 12.6 Å². The predicted octanol–water partition coefficient (Wildman–Crippen LogP) is 2.99. The molecule has 1 aliphatic carbocycles. The maximum Gasteiger partial charge on any atom is 0.0684 e. The van der Waals surface area contributed by atoms with Crippen LogP contribution in [0.2, 0.25) is 0 Å². The molecule has 1 aliphatic rings. The van der Waals surface area contributed by atoms with Crippen molar-refractivity contribution in [3.05, 3.63) is 35.4 Å². The maximum absolute atomic E-state index is 6.06. The van der Waals surface area contributed by atoms with Gasteiger partial charge in [0.05, 0.1) is 5.60 Å². The Morgan fingerprint density at radius 1 is 1.24 bits per heavy atom. The fraction of sp³-hybridized carbons (Fsp3) is 0.600. The fourth-order valence-electron chi connectivity index (χ4n) is 2.17. The Kier molecular flexibility index (Phi) is 3.28. The van der Waals surface area contributed by atoms with Crippen molar-refractivity contribution in [1.82, 2.24) is 0 Å². The summed E-state index contributed by atoms with van der Waals surface area (Å²) in [5.74, 6) is 0. The van der Waals surface area contributed by atoms with E-state index in [0.717, 1.165) is 12.8 Å². The van der Waals surface area contributed by atoms with E-state index in [1.165, 1.54) is 24.0 Å². The van der Waals surface area contributed by atoms with Gasteiger partial charge in [0.15, 0.2) is 0 Å². The van der Waals surface area contributed by atoms with Crippen LogP contribution in [0.1, 0.15) is 44.2 Å². The Labute approximate surface area is 104 Å². The van der Waals surface area contributed by atoms with Crippen LogP contribution in [0.3, 0.4) is 0 Å². The fourth-order valence-corrected chi connectivity index (χ4v) is 2.17. The molecule has 0 saturated heterocycles. The maximum atomic E-state index is 6.06. The van der Waals surface area contributed by atoms with Crippen LogP contribution in [-0.2, 0) is 16.7 Å². The van der Waals surface area contributed by atoms with Gasteiger partial charge in [-0.05, 0) is 50.7 Å². The van der Waals surface area contributed by atoms with Gasteiger partial charge in [-0.15, -0.1) is 0 Å². The molecule has 1 aromatic rings. The van der Waals surface area contributed by atoms with E-state index in [0.29, 0.717) is 0 Å². The number of rotatable bonds is 5. The normalized spacial score (nSPS) is 18.1. The van der Waals surface area contributed by atoms with Crippen LogP contribution < -0.4 is 5.73 Å². The molecule has 2 heteroatoms. The Morgan fingerprint density at radius 3 is 2.24 bits per heavy atom. The lowest BCUT2D eigenvalue weighted by molar-refractivity contribution is 0.0731. The van der Waals surface area contributed by atoms with Crippen molar-refractivity contribution < 1.29 is 4.74 Å². The summed E-state index contributed by atoms with van der Waals surface area (Å²) in [5.41, 5.74) is 8.58. The first-order valence-electron chi connectivity index (χ1n) is 6.39. The molecule has 0 bridgehead atoms. The average molecular weight is 233 g/mol. The van der Waals surface area contributed by atoms with Crippen LogP contribution in [0.4, 0.5) is 0 Å². The summed E-state index contributed by atoms with van der Waals surface area (Å²) in [7, 11) is 1.83. The summed E-state index contributed by atoms with van der Waals surface area (Å²) in [5, 5.41) is 0. The first-order chi connectivity index (χ1) is 7.95. The second-order valence-corrected chi connectivity index (χ2v) is 5.81. The Hall–Kier alpha value is -0.860. The van der Waals surface area contributed by atoms with Crippen LogP contribution in [0.15, 0.2) is 24.3 Å². The van der Waals surface area contributed by atoms with E-state index >= 15 is 0 Å². The van der Waals surface area contributed by atoms with Gasteiger partial charge in [-0.25, -0.2) is 0 Å². The highest BCUT2D eigenvalue weighted by Crippen LogP contribution is 2.42. The highest BCUT2D eigenvalue weighted by Gasteiger charge is 2.42. The zero-order valence-electron chi connectivity index (χ0n) is 11.1. The molecule has 1 saturated carbocycles. The highest BCUT2D eigenvalue weighted by molar-refractivity contribution is 5.27. The van der Waals surface area contributed by atoms with E-state index in [-0.39, 0.29) is 11.1 Å². The number of aryl methyl sites for hydroxylation is 1. The van der Waals surface area contributed by atoms with Gasteiger partial charge in [0.25, 0.3) is 0 Å². The highest BCUT2D eigenvalue weighted by atomic mass is 16.5. The molecule has 0 amide bonds. The lowest BCUT2D eigenvalue weighted by atomic mass is 9.94. The molecule has 2 rings (SSSR count). The van der Waals surface area contributed by atoms with E-state index in [9.17, 15) is 0 Å². The van der Waals surface area contributed by atoms with Crippen molar-refractivity contribution in [2.75, 3.05) is 7.11 Å². The molecule has 94 valence electrons. The molecular weight excluding hydrogens is 210 g/mol. The van der Waals surface area contributed by atoms with Crippen LogP contribution in [0, 0.1) is 0 Å². The van der Waals surface area contributed by atoms with Gasteiger partial charge < -0.3 is 10.5 Å². The van der Waals surface area contributed by atoms with Gasteiger partial charge in [0.1, 0.15) is 0 Å². The molecule has 0 unspecified atom stereocenters. The lowest BCUT2D eigenvalue weighted by Crippen LogP contribution is -2.28. The summed E-state index contributed by atoms with van der Waals surface area (Å²) in [6, 6.07) is 8.66. The largest absolute Gasteiger partial charge is 0.378 e. The Balaban J connectivity index is 1.94. The third kappa shape index (κ3) is 3.08. The topological polar surface area (TPSA) is 35.2 Å². The van der Waals surface area contributed by atoms with Crippen molar-refractivity contribution in [2.24, 2.45) is 5.73 Å². The van der Waals surface area contributed by atoms with Crippen LogP contribution in [0.5, 0.6) is 0 Å². The van der Waals surface area contributed by atoms with Gasteiger partial charge in [0.2, 0.25) is 0 Å². The summed E-state index contributed by atoms with van der Waals surface area (Å²) in [4.78, 5) is 0. The van der Waals surface area contributed by atoms with Crippen molar-refractivity contribution in [3.8, 4) is 0 Å². The predicted molar refractivity (Wildman–Crippen MR) is 71.0 cm³/mol. The summed E-state index contributed by atoms with van der Waals surface area (Å²) >= 11 is 0. The van der Waals surface area contributed by atoms with Crippen molar-refractivity contribution in [1.29, 1.82) is 0 Å². The summed E-state index contributed by atoms with van der Waals surface area (Å²) < 4.78 is 5.53. The zero-order valence-corrected chi connectivity index (χ0v) is 11.1. The molecule has 0 atom stereocenters. The van der Waals surface area contributed by atoms with Crippen molar-refractivity contribution >= 4 is 0 Å². The van der Waals surface area contributed by atoms with E-state index in [1.807, 2.05) is 21.0 Å². The molecule has 0 heterocycles. The summed E-state index contributed by atoms with van der Waals surface area (Å²) in [6.07, 6.45) is 4.67. The number of benzene rings is 1. The Morgan fingerprint density at radius 2 is 1.82 bits per heavy atom. The van der Waals surface area contributed by atoms with Gasteiger partial charge in [-0.1, -0.05) is 24.3 Å². The molecule has 1 fully saturated rings. The second-order valence-electron chi connectivity index (χ2n) is 5.81. The molecule has 1 aromatic carbocycles. The molecule has 17 heavy (non-hydrogen) atoms. The van der Waals surface area contributed by atoms with Crippen LogP contribution >= 0.6 is 0 Å². The van der Waals surface area contributed by atoms with Crippen LogP contribution in [-0.4, -0.2) is 12.7 Å². The Bertz CT molecular complexity index is 371. The average Bonchev–Trinajstić information content (AvgIpc) is 3.06. The minimum absolute atomic E-state index is 0.200. The third-order valence-electron chi connectivity index (χ3n) is 3.81. The molecule has 2 nitrogen and oxygen atoms in total. The van der Waals surface area contributed by atoms with E-state index < -0.39 is 0 Å². The molecule has 0 aromatic heterocycles. The van der Waals surface area contributed by atoms with Gasteiger partial charge >= 0.3 is 0 Å². The molecule has 0 radical (unpaired) electrons. The number of ether oxygens (including phenoxy) is 1. The second kappa shape index (κ2) is 4.43. The number of methoxy groups -OCH3 is 1. The molecule has 0 spiro atoms. The number of hydrogen-bond donors (Lipinski definition) is 1. The molecule has 2 N–H and O–H groups in total. The smallest absolute Gasteiger partial charge is 0.0684 e. The minimum atomic E-state index is -0.247. The molecular formula is C15H23NO. The quantitative estimate of drug-likeness (QED) is 0.848.